The van der Waals surface area contributed by atoms with E-state index in [9.17, 15) is 33.6 Å². The van der Waals surface area contributed by atoms with Crippen molar-refractivity contribution < 1.29 is 62.0 Å². The minimum Gasteiger partial charge on any atom is -0.497 e. The zero-order valence-electron chi connectivity index (χ0n) is 28.4. The van der Waals surface area contributed by atoms with Crippen LogP contribution in [0, 0.1) is 0 Å². The lowest BCUT2D eigenvalue weighted by molar-refractivity contribution is -0.259. The Hall–Kier alpha value is -4.73. The first-order valence-corrected chi connectivity index (χ1v) is 16.1. The van der Waals surface area contributed by atoms with Crippen LogP contribution in [0.25, 0.3) is 0 Å². The van der Waals surface area contributed by atoms with Gasteiger partial charge in [-0.2, -0.15) is 0 Å². The second-order valence-corrected chi connectivity index (χ2v) is 12.3. The minimum absolute atomic E-state index is 0.214. The number of hydrogen-bond acceptors (Lipinski definition) is 13. The normalized spacial score (nSPS) is 25.3. The van der Waals surface area contributed by atoms with E-state index in [-0.39, 0.29) is 5.69 Å². The number of imide groups is 1. The fourth-order valence-corrected chi connectivity index (χ4v) is 6.79. The summed E-state index contributed by atoms with van der Waals surface area (Å²) >= 11 is 0. The number of benzene rings is 1. The molecule has 16 heteroatoms. The van der Waals surface area contributed by atoms with E-state index < -0.39 is 97.0 Å². The first-order chi connectivity index (χ1) is 23.2. The highest BCUT2D eigenvalue weighted by Gasteiger charge is 2.67. The molecule has 2 aliphatic heterocycles. The van der Waals surface area contributed by atoms with E-state index in [0.717, 1.165) is 51.9 Å². The van der Waals surface area contributed by atoms with Gasteiger partial charge in [0.1, 0.15) is 24.6 Å². The van der Waals surface area contributed by atoms with Crippen LogP contribution in [-0.2, 0) is 52.5 Å². The van der Waals surface area contributed by atoms with E-state index in [0.29, 0.717) is 18.6 Å². The molecule has 0 bridgehead atoms. The molecular weight excluding hydrogens is 646 g/mol. The molecule has 1 aromatic rings. The van der Waals surface area contributed by atoms with Crippen molar-refractivity contribution in [2.45, 2.75) is 115 Å². The number of nitrogens with one attached hydrogen (secondary N) is 1. The second kappa shape index (κ2) is 15.7. The quantitative estimate of drug-likeness (QED) is 0.202. The van der Waals surface area contributed by atoms with Gasteiger partial charge in [0.05, 0.1) is 18.8 Å². The maximum atomic E-state index is 14.8. The molecule has 4 amide bonds. The monoisotopic (exact) mass is 689 g/mol. The number of carbonyl (C=O) groups is 7. The van der Waals surface area contributed by atoms with Crippen molar-refractivity contribution >= 4 is 47.4 Å². The molecule has 0 radical (unpaired) electrons. The Kier molecular flexibility index (Phi) is 11.9. The Morgan fingerprint density at radius 2 is 1.53 bits per heavy atom. The lowest BCUT2D eigenvalue weighted by Gasteiger charge is -2.51. The molecule has 3 fully saturated rings. The predicted octanol–water partition coefficient (Wildman–Crippen LogP) is 2.14. The summed E-state index contributed by atoms with van der Waals surface area (Å²) in [6.07, 6.45) is -3.00. The van der Waals surface area contributed by atoms with Gasteiger partial charge in [0.15, 0.2) is 12.2 Å². The lowest BCUT2D eigenvalue weighted by atomic mass is 9.84. The molecule has 49 heavy (non-hydrogen) atoms. The number of ether oxygens (including phenoxy) is 6. The Morgan fingerprint density at radius 1 is 0.898 bits per heavy atom. The lowest BCUT2D eigenvalue weighted by Crippen LogP contribution is -2.72. The number of nitrogens with zero attached hydrogens (tertiary/aromatic N) is 2. The number of rotatable bonds is 11. The Morgan fingerprint density at radius 3 is 2.06 bits per heavy atom. The molecule has 0 unspecified atom stereocenters. The maximum absolute atomic E-state index is 14.8. The zero-order chi connectivity index (χ0) is 36.0. The molecule has 1 aliphatic carbocycles. The number of urea groups is 1. The molecule has 1 spiro atoms. The van der Waals surface area contributed by atoms with Crippen LogP contribution in [0.5, 0.6) is 5.75 Å². The van der Waals surface area contributed by atoms with E-state index in [4.69, 9.17) is 28.4 Å². The van der Waals surface area contributed by atoms with E-state index in [1.807, 2.05) is 0 Å². The highest BCUT2D eigenvalue weighted by Crippen LogP contribution is 2.46. The molecule has 4 rings (SSSR count). The Balaban J connectivity index is 1.95. The van der Waals surface area contributed by atoms with E-state index in [1.54, 1.807) is 12.1 Å². The first-order valence-electron chi connectivity index (χ1n) is 16.1. The molecule has 2 saturated heterocycles. The molecule has 268 valence electrons. The van der Waals surface area contributed by atoms with Crippen molar-refractivity contribution in [3.05, 3.63) is 24.3 Å². The number of methoxy groups -OCH3 is 1. The van der Waals surface area contributed by atoms with Crippen molar-refractivity contribution in [3.63, 3.8) is 0 Å². The highest BCUT2D eigenvalue weighted by atomic mass is 16.6. The van der Waals surface area contributed by atoms with Crippen LogP contribution in [0.15, 0.2) is 24.3 Å². The molecule has 1 N–H and O–H groups in total. The molecule has 0 aromatic heterocycles. The zero-order valence-corrected chi connectivity index (χ0v) is 28.4. The third kappa shape index (κ3) is 8.29. The molecule has 1 aromatic carbocycles. The number of amides is 4. The maximum Gasteiger partial charge on any atom is 0.334 e. The van der Waals surface area contributed by atoms with Crippen LogP contribution in [-0.4, -0.2) is 103 Å². The summed E-state index contributed by atoms with van der Waals surface area (Å²) in [5.74, 6) is -4.17. The Labute approximate surface area is 283 Å². The number of hydrogen-bond donors (Lipinski definition) is 1. The molecule has 6 atom stereocenters. The van der Waals surface area contributed by atoms with Crippen LogP contribution in [0.2, 0.25) is 0 Å². The summed E-state index contributed by atoms with van der Waals surface area (Å²) in [4.78, 5) is 93.5. The molecule has 1 saturated carbocycles. The van der Waals surface area contributed by atoms with Gasteiger partial charge >= 0.3 is 29.9 Å². The fraction of sp³-hybridized carbons (Fsp3) is 0.606. The van der Waals surface area contributed by atoms with Crippen molar-refractivity contribution in [1.82, 2.24) is 10.2 Å². The first kappa shape index (κ1) is 37.1. The van der Waals surface area contributed by atoms with Gasteiger partial charge in [-0.15, -0.1) is 0 Å². The van der Waals surface area contributed by atoms with E-state index >= 15 is 0 Å². The van der Waals surface area contributed by atoms with Gasteiger partial charge in [-0.25, -0.2) is 9.69 Å². The summed E-state index contributed by atoms with van der Waals surface area (Å²) in [6.45, 7) is 4.99. The predicted molar refractivity (Wildman–Crippen MR) is 168 cm³/mol. The van der Waals surface area contributed by atoms with Crippen LogP contribution < -0.4 is 15.0 Å². The molecule has 3 aliphatic rings. The van der Waals surface area contributed by atoms with Gasteiger partial charge in [-0.1, -0.05) is 19.3 Å². The van der Waals surface area contributed by atoms with Gasteiger partial charge in [0.25, 0.3) is 5.91 Å². The highest BCUT2D eigenvalue weighted by molar-refractivity contribution is 6.23. The fourth-order valence-electron chi connectivity index (χ4n) is 6.79. The third-order valence-corrected chi connectivity index (χ3v) is 8.61. The Bertz CT molecular complexity index is 1440. The van der Waals surface area contributed by atoms with Gasteiger partial charge in [0.2, 0.25) is 11.6 Å². The smallest absolute Gasteiger partial charge is 0.334 e. The number of esters is 4. The topological polar surface area (TPSA) is 193 Å². The number of anilines is 1. The summed E-state index contributed by atoms with van der Waals surface area (Å²) in [7, 11) is 1.47. The van der Waals surface area contributed by atoms with Crippen LogP contribution in [0.1, 0.15) is 73.1 Å². The standard InChI is InChI=1S/C33H43N3O13/c1-18(37)34-28-26(46-20(3)39)16-33(49-30(28)29(48-22(5)41)27(47-21(4)40)17-45-19(2)38)31(42)35(23-12-14-25(44-6)15-13-23)32(43)36(33)24-10-8-7-9-11-24/h12-15,24,26-30H,7-11,16-17H2,1-6H3,(H,34,37)/t26-,27+,28+,29+,30+,33+/m0/s1. The van der Waals surface area contributed by atoms with Gasteiger partial charge < -0.3 is 33.7 Å². The van der Waals surface area contributed by atoms with Crippen molar-refractivity contribution in [2.24, 2.45) is 0 Å². The van der Waals surface area contributed by atoms with E-state index in [2.05, 4.69) is 5.32 Å². The summed E-state index contributed by atoms with van der Waals surface area (Å²) in [6, 6.07) is 3.75. The van der Waals surface area contributed by atoms with Crippen LogP contribution in [0.4, 0.5) is 10.5 Å². The van der Waals surface area contributed by atoms with Crippen LogP contribution >= 0.6 is 0 Å². The molecule has 16 nitrogen and oxygen atoms in total. The van der Waals surface area contributed by atoms with Crippen molar-refractivity contribution in [3.8, 4) is 5.75 Å². The molecular formula is C33H43N3O13. The average Bonchev–Trinajstić information content (AvgIpc) is 3.23. The van der Waals surface area contributed by atoms with Gasteiger partial charge in [-0.05, 0) is 37.1 Å². The SMILES string of the molecule is COc1ccc(N2C(=O)N(C3CCCCC3)[C@@]3(C[C@H](OC(C)=O)[C@@H](NC(C)=O)[C@H]([C@H](OC(C)=O)[C@@H](COC(C)=O)OC(C)=O)O3)C2=O)cc1. The second-order valence-electron chi connectivity index (χ2n) is 12.3. The van der Waals surface area contributed by atoms with Crippen molar-refractivity contribution in [1.29, 1.82) is 0 Å². The summed E-state index contributed by atoms with van der Waals surface area (Å²) in [5, 5.41) is 2.67. The minimum atomic E-state index is -2.15. The summed E-state index contributed by atoms with van der Waals surface area (Å²) < 4.78 is 34.0. The van der Waals surface area contributed by atoms with Crippen LogP contribution in [0.3, 0.4) is 0 Å². The molecule has 2 heterocycles. The largest absolute Gasteiger partial charge is 0.497 e. The van der Waals surface area contributed by atoms with Crippen molar-refractivity contribution in [2.75, 3.05) is 18.6 Å². The average molecular weight is 690 g/mol. The summed E-state index contributed by atoms with van der Waals surface area (Å²) in [5.41, 5.74) is -1.94. The van der Waals surface area contributed by atoms with Gasteiger partial charge in [-0.3, -0.25) is 33.7 Å². The van der Waals surface area contributed by atoms with Gasteiger partial charge in [0, 0.05) is 47.1 Å². The number of carbonyl (C=O) groups excluding carboxylic acids is 7. The third-order valence-electron chi connectivity index (χ3n) is 8.61. The van der Waals surface area contributed by atoms with E-state index in [1.165, 1.54) is 31.1 Å².